The molecule has 1 aliphatic rings. The first-order valence-corrected chi connectivity index (χ1v) is 8.94. The van der Waals surface area contributed by atoms with Crippen molar-refractivity contribution in [1.82, 2.24) is 5.32 Å². The van der Waals surface area contributed by atoms with E-state index in [0.29, 0.717) is 51.2 Å². The SMILES string of the molecule is CCOc1ccc(CCNC(=O)[C@@H]2CC[C@H](C(=O)O)C2)cc1OCC. The Balaban J connectivity index is 1.84. The van der Waals surface area contributed by atoms with Crippen LogP contribution in [0.1, 0.15) is 38.7 Å². The number of benzene rings is 1. The van der Waals surface area contributed by atoms with Crippen LogP contribution in [-0.2, 0) is 16.0 Å². The van der Waals surface area contributed by atoms with Crippen LogP contribution < -0.4 is 14.8 Å². The molecule has 0 radical (unpaired) electrons. The molecule has 0 aliphatic heterocycles. The van der Waals surface area contributed by atoms with Crippen LogP contribution >= 0.6 is 0 Å². The largest absolute Gasteiger partial charge is 0.490 e. The summed E-state index contributed by atoms with van der Waals surface area (Å²) in [5, 5.41) is 11.9. The van der Waals surface area contributed by atoms with Gasteiger partial charge in [0, 0.05) is 12.5 Å². The van der Waals surface area contributed by atoms with Gasteiger partial charge in [-0.25, -0.2) is 0 Å². The molecule has 0 heterocycles. The molecule has 2 N–H and O–H groups in total. The average molecular weight is 349 g/mol. The van der Waals surface area contributed by atoms with Gasteiger partial charge in [0.15, 0.2) is 11.5 Å². The summed E-state index contributed by atoms with van der Waals surface area (Å²) >= 11 is 0. The van der Waals surface area contributed by atoms with Crippen molar-refractivity contribution >= 4 is 11.9 Å². The molecule has 1 saturated carbocycles. The van der Waals surface area contributed by atoms with Crippen molar-refractivity contribution in [2.24, 2.45) is 11.8 Å². The molecule has 0 saturated heterocycles. The van der Waals surface area contributed by atoms with Crippen LogP contribution in [0.4, 0.5) is 0 Å². The highest BCUT2D eigenvalue weighted by atomic mass is 16.5. The molecule has 2 atom stereocenters. The molecule has 2 rings (SSSR count). The van der Waals surface area contributed by atoms with E-state index in [9.17, 15) is 9.59 Å². The zero-order chi connectivity index (χ0) is 18.2. The molecule has 0 unspecified atom stereocenters. The molecular formula is C19H27NO5. The molecule has 0 bridgehead atoms. The van der Waals surface area contributed by atoms with E-state index in [1.54, 1.807) is 0 Å². The molecule has 25 heavy (non-hydrogen) atoms. The van der Waals surface area contributed by atoms with Gasteiger partial charge in [0.2, 0.25) is 5.91 Å². The van der Waals surface area contributed by atoms with Crippen molar-refractivity contribution in [2.75, 3.05) is 19.8 Å². The number of hydrogen-bond acceptors (Lipinski definition) is 4. The first-order valence-electron chi connectivity index (χ1n) is 8.94. The summed E-state index contributed by atoms with van der Waals surface area (Å²) in [5.41, 5.74) is 1.06. The van der Waals surface area contributed by atoms with Crippen LogP contribution in [0.5, 0.6) is 11.5 Å². The van der Waals surface area contributed by atoms with Crippen LogP contribution in [0.3, 0.4) is 0 Å². The molecular weight excluding hydrogens is 322 g/mol. The molecule has 0 spiro atoms. The lowest BCUT2D eigenvalue weighted by atomic mass is 10.0. The van der Waals surface area contributed by atoms with E-state index in [4.69, 9.17) is 14.6 Å². The zero-order valence-corrected chi connectivity index (χ0v) is 14.9. The van der Waals surface area contributed by atoms with Gasteiger partial charge in [0.05, 0.1) is 19.1 Å². The summed E-state index contributed by atoms with van der Waals surface area (Å²) in [6.07, 6.45) is 2.37. The molecule has 1 aromatic rings. The summed E-state index contributed by atoms with van der Waals surface area (Å²) in [4.78, 5) is 23.1. The van der Waals surface area contributed by atoms with Gasteiger partial charge in [-0.3, -0.25) is 9.59 Å². The number of aliphatic carboxylic acids is 1. The van der Waals surface area contributed by atoms with E-state index < -0.39 is 5.97 Å². The smallest absolute Gasteiger partial charge is 0.306 e. The highest BCUT2D eigenvalue weighted by Gasteiger charge is 2.33. The molecule has 6 heteroatoms. The fourth-order valence-corrected chi connectivity index (χ4v) is 3.17. The van der Waals surface area contributed by atoms with E-state index in [0.717, 1.165) is 11.3 Å². The standard InChI is InChI=1S/C19H27NO5/c1-3-24-16-8-5-13(11-17(16)25-4-2)9-10-20-18(21)14-6-7-15(12-14)19(22)23/h5,8,11,14-15H,3-4,6-7,9-10,12H2,1-2H3,(H,20,21)(H,22,23)/t14-,15+/m1/s1. The molecule has 1 fully saturated rings. The predicted molar refractivity (Wildman–Crippen MR) is 94.0 cm³/mol. The van der Waals surface area contributed by atoms with Crippen molar-refractivity contribution in [3.05, 3.63) is 23.8 Å². The summed E-state index contributed by atoms with van der Waals surface area (Å²) in [6.45, 7) is 5.51. The van der Waals surface area contributed by atoms with Crippen LogP contribution in [0.15, 0.2) is 18.2 Å². The summed E-state index contributed by atoms with van der Waals surface area (Å²) < 4.78 is 11.1. The van der Waals surface area contributed by atoms with Gasteiger partial charge in [-0.2, -0.15) is 0 Å². The van der Waals surface area contributed by atoms with Gasteiger partial charge in [0.1, 0.15) is 0 Å². The Morgan fingerprint density at radius 3 is 2.44 bits per heavy atom. The van der Waals surface area contributed by atoms with Gasteiger partial charge in [0.25, 0.3) is 0 Å². The second-order valence-corrected chi connectivity index (χ2v) is 6.23. The fraction of sp³-hybridized carbons (Fsp3) is 0.579. The molecule has 1 aliphatic carbocycles. The lowest BCUT2D eigenvalue weighted by Gasteiger charge is -2.13. The predicted octanol–water partition coefficient (Wildman–Crippen LogP) is 2.64. The maximum atomic E-state index is 12.2. The maximum absolute atomic E-state index is 12.2. The third-order valence-electron chi connectivity index (χ3n) is 4.47. The van der Waals surface area contributed by atoms with Gasteiger partial charge in [-0.15, -0.1) is 0 Å². The zero-order valence-electron chi connectivity index (χ0n) is 14.9. The molecule has 1 amide bonds. The number of carboxylic acids is 1. The van der Waals surface area contributed by atoms with Gasteiger partial charge in [-0.05, 0) is 57.2 Å². The number of carboxylic acid groups (broad SMARTS) is 1. The second kappa shape index (κ2) is 9.30. The Morgan fingerprint density at radius 2 is 1.80 bits per heavy atom. The van der Waals surface area contributed by atoms with Gasteiger partial charge < -0.3 is 19.9 Å². The highest BCUT2D eigenvalue weighted by molar-refractivity contribution is 5.80. The summed E-state index contributed by atoms with van der Waals surface area (Å²) in [7, 11) is 0. The van der Waals surface area contributed by atoms with Crippen molar-refractivity contribution < 1.29 is 24.2 Å². The minimum atomic E-state index is -0.798. The lowest BCUT2D eigenvalue weighted by molar-refractivity contribution is -0.141. The Bertz CT molecular complexity index is 601. The van der Waals surface area contributed by atoms with E-state index in [-0.39, 0.29) is 17.7 Å². The molecule has 6 nitrogen and oxygen atoms in total. The number of hydrogen-bond donors (Lipinski definition) is 2. The second-order valence-electron chi connectivity index (χ2n) is 6.23. The molecule has 0 aromatic heterocycles. The van der Waals surface area contributed by atoms with E-state index in [2.05, 4.69) is 5.32 Å². The Kier molecular flexibility index (Phi) is 7.10. The Labute approximate surface area is 148 Å². The topological polar surface area (TPSA) is 84.9 Å². The normalized spacial score (nSPS) is 19.4. The van der Waals surface area contributed by atoms with Crippen LogP contribution in [0.2, 0.25) is 0 Å². The van der Waals surface area contributed by atoms with Gasteiger partial charge in [-0.1, -0.05) is 6.07 Å². The summed E-state index contributed by atoms with van der Waals surface area (Å²) in [5.74, 6) is 0.0416. The lowest BCUT2D eigenvalue weighted by Crippen LogP contribution is -2.31. The average Bonchev–Trinajstić information content (AvgIpc) is 3.08. The van der Waals surface area contributed by atoms with E-state index >= 15 is 0 Å². The van der Waals surface area contributed by atoms with Crippen molar-refractivity contribution in [3.63, 3.8) is 0 Å². The quantitative estimate of drug-likeness (QED) is 0.716. The van der Waals surface area contributed by atoms with Gasteiger partial charge >= 0.3 is 5.97 Å². The molecule has 138 valence electrons. The Morgan fingerprint density at radius 1 is 1.12 bits per heavy atom. The summed E-state index contributed by atoms with van der Waals surface area (Å²) in [6, 6.07) is 5.80. The van der Waals surface area contributed by atoms with Crippen molar-refractivity contribution in [2.45, 2.75) is 39.5 Å². The van der Waals surface area contributed by atoms with Crippen LogP contribution in [0.25, 0.3) is 0 Å². The minimum absolute atomic E-state index is 0.0419. The first-order chi connectivity index (χ1) is 12.0. The van der Waals surface area contributed by atoms with E-state index in [1.165, 1.54) is 0 Å². The van der Waals surface area contributed by atoms with Crippen LogP contribution in [-0.4, -0.2) is 36.7 Å². The maximum Gasteiger partial charge on any atom is 0.306 e. The van der Waals surface area contributed by atoms with E-state index in [1.807, 2.05) is 32.0 Å². The number of rotatable bonds is 9. The Hall–Kier alpha value is -2.24. The number of amides is 1. The minimum Gasteiger partial charge on any atom is -0.490 e. The number of nitrogens with one attached hydrogen (secondary N) is 1. The highest BCUT2D eigenvalue weighted by Crippen LogP contribution is 2.31. The fourth-order valence-electron chi connectivity index (χ4n) is 3.17. The van der Waals surface area contributed by atoms with Crippen LogP contribution in [0, 0.1) is 11.8 Å². The monoisotopic (exact) mass is 349 g/mol. The first kappa shape index (κ1) is 19.1. The molecule has 1 aromatic carbocycles. The number of carbonyl (C=O) groups is 2. The number of ether oxygens (including phenoxy) is 2. The third kappa shape index (κ3) is 5.37. The number of carbonyl (C=O) groups excluding carboxylic acids is 1. The van der Waals surface area contributed by atoms with Crippen molar-refractivity contribution in [3.8, 4) is 11.5 Å². The van der Waals surface area contributed by atoms with Crippen molar-refractivity contribution in [1.29, 1.82) is 0 Å². The third-order valence-corrected chi connectivity index (χ3v) is 4.47.